The Morgan fingerprint density at radius 3 is 3.00 bits per heavy atom. The molecule has 0 saturated carbocycles. The van der Waals surface area contributed by atoms with Crippen LogP contribution in [0.3, 0.4) is 0 Å². The Balaban J connectivity index is 2.19. The predicted octanol–water partition coefficient (Wildman–Crippen LogP) is 1.42. The van der Waals surface area contributed by atoms with Gasteiger partial charge in [0.2, 0.25) is 0 Å². The van der Waals surface area contributed by atoms with Gasteiger partial charge in [-0.25, -0.2) is 4.98 Å². The van der Waals surface area contributed by atoms with Crippen LogP contribution in [0.15, 0.2) is 17.8 Å². The summed E-state index contributed by atoms with van der Waals surface area (Å²) in [6.07, 6.45) is 2.35. The molecule has 17 heavy (non-hydrogen) atoms. The van der Waals surface area contributed by atoms with Crippen LogP contribution < -0.4 is 11.3 Å². The molecular formula is C11H17N5S. The van der Waals surface area contributed by atoms with Gasteiger partial charge in [0.1, 0.15) is 12.2 Å². The Morgan fingerprint density at radius 2 is 2.41 bits per heavy atom. The Bertz CT molecular complexity index is 476. The summed E-state index contributed by atoms with van der Waals surface area (Å²) in [6.45, 7) is 4.98. The van der Waals surface area contributed by atoms with Gasteiger partial charge in [-0.3, -0.25) is 16.0 Å². The maximum Gasteiger partial charge on any atom is 0.138 e. The second-order valence-corrected chi connectivity index (χ2v) is 4.83. The molecular weight excluding hydrogens is 234 g/mol. The van der Waals surface area contributed by atoms with Crippen LogP contribution in [0.4, 0.5) is 0 Å². The molecule has 0 aliphatic rings. The Morgan fingerprint density at radius 1 is 1.59 bits per heavy atom. The molecule has 2 aromatic heterocycles. The molecule has 0 amide bonds. The number of rotatable bonds is 5. The van der Waals surface area contributed by atoms with Crippen molar-refractivity contribution in [2.75, 3.05) is 0 Å². The fourth-order valence-corrected chi connectivity index (χ4v) is 2.85. The van der Waals surface area contributed by atoms with Gasteiger partial charge >= 0.3 is 0 Å². The van der Waals surface area contributed by atoms with E-state index in [1.807, 2.05) is 4.68 Å². The topological polar surface area (TPSA) is 68.8 Å². The Kier molecular flexibility index (Phi) is 3.88. The third-order valence-electron chi connectivity index (χ3n) is 2.80. The molecule has 2 aromatic rings. The van der Waals surface area contributed by atoms with E-state index >= 15 is 0 Å². The van der Waals surface area contributed by atoms with Crippen molar-refractivity contribution in [2.24, 2.45) is 5.84 Å². The van der Waals surface area contributed by atoms with E-state index in [4.69, 9.17) is 5.84 Å². The fourth-order valence-electron chi connectivity index (χ4n) is 1.86. The molecule has 0 aliphatic carbocycles. The second-order valence-electron chi connectivity index (χ2n) is 3.88. The fraction of sp³-hybridized carbons (Fsp3) is 0.455. The molecule has 1 unspecified atom stereocenters. The summed E-state index contributed by atoms with van der Waals surface area (Å²) in [5.74, 6) is 6.60. The van der Waals surface area contributed by atoms with Crippen LogP contribution in [-0.4, -0.2) is 14.8 Å². The number of nitrogens with two attached hydrogens (primary N) is 1. The zero-order valence-electron chi connectivity index (χ0n) is 10.1. The van der Waals surface area contributed by atoms with Crippen LogP contribution in [0.2, 0.25) is 0 Å². The molecule has 2 rings (SSSR count). The molecule has 0 spiro atoms. The summed E-state index contributed by atoms with van der Waals surface area (Å²) >= 11 is 1.72. The summed E-state index contributed by atoms with van der Waals surface area (Å²) in [4.78, 5) is 5.54. The molecule has 0 fully saturated rings. The minimum absolute atomic E-state index is 0.101. The first-order valence-corrected chi connectivity index (χ1v) is 6.51. The lowest BCUT2D eigenvalue weighted by atomic mass is 10.1. The minimum Gasteiger partial charge on any atom is -0.271 e. The molecule has 0 aromatic carbocycles. The van der Waals surface area contributed by atoms with Gasteiger partial charge in [0.25, 0.3) is 0 Å². The highest BCUT2D eigenvalue weighted by molar-refractivity contribution is 7.10. The number of thiophene rings is 1. The second kappa shape index (κ2) is 5.39. The number of hydrogen-bond donors (Lipinski definition) is 2. The van der Waals surface area contributed by atoms with Crippen molar-refractivity contribution in [3.8, 4) is 0 Å². The van der Waals surface area contributed by atoms with Gasteiger partial charge in [-0.2, -0.15) is 5.10 Å². The lowest BCUT2D eigenvalue weighted by Gasteiger charge is -2.15. The van der Waals surface area contributed by atoms with Crippen LogP contribution in [0.1, 0.15) is 29.2 Å². The molecule has 6 heteroatoms. The number of hydrazine groups is 1. The summed E-state index contributed by atoms with van der Waals surface area (Å²) in [6, 6.07) is 2.21. The van der Waals surface area contributed by atoms with Crippen LogP contribution in [-0.2, 0) is 13.0 Å². The molecule has 5 nitrogen and oxygen atoms in total. The summed E-state index contributed by atoms with van der Waals surface area (Å²) < 4.78 is 1.90. The average molecular weight is 251 g/mol. The molecule has 0 saturated heterocycles. The smallest absolute Gasteiger partial charge is 0.138 e. The van der Waals surface area contributed by atoms with E-state index in [0.717, 1.165) is 18.8 Å². The van der Waals surface area contributed by atoms with Gasteiger partial charge in [0.15, 0.2) is 0 Å². The van der Waals surface area contributed by atoms with Gasteiger partial charge in [-0.1, -0.05) is 0 Å². The molecule has 0 bridgehead atoms. The minimum atomic E-state index is 0.101. The first-order chi connectivity index (χ1) is 8.26. The number of aromatic nitrogens is 3. The number of aryl methyl sites for hydroxylation is 2. The van der Waals surface area contributed by atoms with Crippen molar-refractivity contribution in [2.45, 2.75) is 32.9 Å². The van der Waals surface area contributed by atoms with E-state index in [1.165, 1.54) is 10.4 Å². The van der Waals surface area contributed by atoms with Crippen molar-refractivity contribution >= 4 is 11.3 Å². The molecule has 0 radical (unpaired) electrons. The van der Waals surface area contributed by atoms with Crippen molar-refractivity contribution in [3.05, 3.63) is 34.0 Å². The van der Waals surface area contributed by atoms with Gasteiger partial charge in [-0.05, 0) is 30.9 Å². The van der Waals surface area contributed by atoms with Crippen LogP contribution >= 0.6 is 11.3 Å². The zero-order valence-corrected chi connectivity index (χ0v) is 10.9. The first kappa shape index (κ1) is 12.2. The van der Waals surface area contributed by atoms with E-state index in [-0.39, 0.29) is 6.04 Å². The van der Waals surface area contributed by atoms with Crippen molar-refractivity contribution in [1.29, 1.82) is 0 Å². The largest absolute Gasteiger partial charge is 0.271 e. The van der Waals surface area contributed by atoms with Gasteiger partial charge in [0, 0.05) is 17.8 Å². The highest BCUT2D eigenvalue weighted by atomic mass is 32.1. The lowest BCUT2D eigenvalue weighted by Crippen LogP contribution is -2.30. The maximum atomic E-state index is 5.64. The Labute approximate surface area is 105 Å². The van der Waals surface area contributed by atoms with Gasteiger partial charge in [0.05, 0.1) is 6.04 Å². The molecule has 1 atom stereocenters. The highest BCUT2D eigenvalue weighted by Crippen LogP contribution is 2.25. The summed E-state index contributed by atoms with van der Waals surface area (Å²) in [5, 5.41) is 6.25. The lowest BCUT2D eigenvalue weighted by molar-refractivity contribution is 0.515. The van der Waals surface area contributed by atoms with E-state index in [9.17, 15) is 0 Å². The van der Waals surface area contributed by atoms with Crippen LogP contribution in [0, 0.1) is 6.92 Å². The quantitative estimate of drug-likeness (QED) is 0.623. The third kappa shape index (κ3) is 2.54. The van der Waals surface area contributed by atoms with Crippen LogP contribution in [0.5, 0.6) is 0 Å². The Hall–Kier alpha value is -1.24. The van der Waals surface area contributed by atoms with Crippen molar-refractivity contribution in [1.82, 2.24) is 20.2 Å². The zero-order chi connectivity index (χ0) is 12.3. The molecule has 92 valence electrons. The van der Waals surface area contributed by atoms with Gasteiger partial charge < -0.3 is 0 Å². The van der Waals surface area contributed by atoms with Crippen molar-refractivity contribution in [3.63, 3.8) is 0 Å². The average Bonchev–Trinajstić information content (AvgIpc) is 2.94. The molecule has 3 N–H and O–H groups in total. The van der Waals surface area contributed by atoms with Crippen molar-refractivity contribution < 1.29 is 0 Å². The first-order valence-electron chi connectivity index (χ1n) is 5.63. The standard InChI is InChI=1S/C11H17N5S/c1-3-16-10(13-7-14-16)6-9(15-12)11-8(2)4-5-17-11/h4-5,7,9,15H,3,6,12H2,1-2H3. The normalized spacial score (nSPS) is 12.9. The number of hydrogen-bond acceptors (Lipinski definition) is 5. The summed E-state index contributed by atoms with van der Waals surface area (Å²) in [7, 11) is 0. The molecule has 2 heterocycles. The summed E-state index contributed by atoms with van der Waals surface area (Å²) in [5.41, 5.74) is 4.13. The third-order valence-corrected chi connectivity index (χ3v) is 3.93. The number of nitrogens with zero attached hydrogens (tertiary/aromatic N) is 3. The van der Waals surface area contributed by atoms with Crippen LogP contribution in [0.25, 0.3) is 0 Å². The SMILES string of the molecule is CCn1ncnc1CC(NN)c1sccc1C. The molecule has 0 aliphatic heterocycles. The monoisotopic (exact) mass is 251 g/mol. The van der Waals surface area contributed by atoms with E-state index < -0.39 is 0 Å². The van der Waals surface area contributed by atoms with E-state index in [1.54, 1.807) is 17.7 Å². The van der Waals surface area contributed by atoms with E-state index in [0.29, 0.717) is 0 Å². The highest BCUT2D eigenvalue weighted by Gasteiger charge is 2.17. The van der Waals surface area contributed by atoms with E-state index in [2.05, 4.69) is 40.8 Å². The predicted molar refractivity (Wildman–Crippen MR) is 68.5 cm³/mol. The number of nitrogens with one attached hydrogen (secondary N) is 1. The maximum absolute atomic E-state index is 5.64. The van der Waals surface area contributed by atoms with Gasteiger partial charge in [-0.15, -0.1) is 11.3 Å².